The van der Waals surface area contributed by atoms with E-state index in [1.807, 2.05) is 43.3 Å². The first-order valence-electron chi connectivity index (χ1n) is 14.6. The predicted octanol–water partition coefficient (Wildman–Crippen LogP) is 4.84. The molecule has 1 fully saturated rings. The van der Waals surface area contributed by atoms with Crippen molar-refractivity contribution in [3.05, 3.63) is 66.9 Å². The minimum absolute atomic E-state index is 0.172. The van der Waals surface area contributed by atoms with Crippen molar-refractivity contribution in [1.82, 2.24) is 45.3 Å². The van der Waals surface area contributed by atoms with E-state index >= 15 is 0 Å². The largest absolute Gasteiger partial charge is 0.492 e. The maximum atomic E-state index is 14.6. The van der Waals surface area contributed by atoms with E-state index in [0.717, 1.165) is 54.0 Å². The van der Waals surface area contributed by atoms with E-state index in [0.29, 0.717) is 52.7 Å². The highest BCUT2D eigenvalue weighted by molar-refractivity contribution is 5.95. The van der Waals surface area contributed by atoms with Crippen molar-refractivity contribution in [2.75, 3.05) is 40.3 Å². The summed E-state index contributed by atoms with van der Waals surface area (Å²) in [5.74, 6) is 1.27. The van der Waals surface area contributed by atoms with Crippen LogP contribution in [0, 0.1) is 5.82 Å². The van der Waals surface area contributed by atoms with E-state index in [1.54, 1.807) is 24.7 Å². The van der Waals surface area contributed by atoms with Crippen LogP contribution in [0.1, 0.15) is 12.8 Å². The maximum Gasteiger partial charge on any atom is 0.161 e. The van der Waals surface area contributed by atoms with Crippen molar-refractivity contribution in [1.29, 1.82) is 0 Å². The van der Waals surface area contributed by atoms with E-state index in [2.05, 4.69) is 30.5 Å². The number of pyridine rings is 3. The van der Waals surface area contributed by atoms with Crippen LogP contribution in [0.15, 0.2) is 61.1 Å². The van der Waals surface area contributed by atoms with Crippen LogP contribution in [0.4, 0.5) is 4.39 Å². The van der Waals surface area contributed by atoms with Gasteiger partial charge in [0.25, 0.3) is 0 Å². The molecule has 1 aliphatic rings. The van der Waals surface area contributed by atoms with Gasteiger partial charge in [-0.25, -0.2) is 14.4 Å². The number of hydrogen-bond acceptors (Lipinski definition) is 9. The second-order valence-electron chi connectivity index (χ2n) is 11.1. The lowest BCUT2D eigenvalue weighted by atomic mass is 10.1. The zero-order valence-corrected chi connectivity index (χ0v) is 24.5. The molecule has 6 heterocycles. The average molecular weight is 594 g/mol. The lowest BCUT2D eigenvalue weighted by Gasteiger charge is -2.23. The number of imidazole rings is 1. The van der Waals surface area contributed by atoms with Gasteiger partial charge in [0, 0.05) is 36.1 Å². The second kappa shape index (κ2) is 12.0. The zero-order valence-electron chi connectivity index (χ0n) is 24.5. The van der Waals surface area contributed by atoms with Crippen LogP contribution in [0.2, 0.25) is 0 Å². The average Bonchev–Trinajstić information content (AvgIpc) is 3.65. The highest BCUT2D eigenvalue weighted by Gasteiger charge is 2.19. The van der Waals surface area contributed by atoms with Crippen LogP contribution < -0.4 is 14.8 Å². The molecule has 0 spiro atoms. The summed E-state index contributed by atoms with van der Waals surface area (Å²) in [6, 6.07) is 12.3. The first kappa shape index (κ1) is 27.9. The van der Waals surface area contributed by atoms with Gasteiger partial charge in [0.2, 0.25) is 0 Å². The van der Waals surface area contributed by atoms with Gasteiger partial charge in [-0.15, -0.1) is 0 Å². The van der Waals surface area contributed by atoms with Crippen LogP contribution in [0.3, 0.4) is 0 Å². The molecule has 0 saturated carbocycles. The Morgan fingerprint density at radius 2 is 1.75 bits per heavy atom. The molecule has 1 aromatic carbocycles. The fourth-order valence-corrected chi connectivity index (χ4v) is 5.34. The molecule has 1 aliphatic heterocycles. The van der Waals surface area contributed by atoms with Gasteiger partial charge >= 0.3 is 0 Å². The minimum Gasteiger partial charge on any atom is -0.492 e. The third kappa shape index (κ3) is 5.81. The molecule has 12 heteroatoms. The van der Waals surface area contributed by atoms with E-state index in [4.69, 9.17) is 19.4 Å². The number of aromatic amines is 2. The molecular weight excluding hydrogens is 561 g/mol. The molecule has 0 radical (unpaired) electrons. The highest BCUT2D eigenvalue weighted by Crippen LogP contribution is 2.33. The molecule has 7 rings (SSSR count). The van der Waals surface area contributed by atoms with Gasteiger partial charge in [-0.2, -0.15) is 5.10 Å². The van der Waals surface area contributed by atoms with Crippen molar-refractivity contribution in [2.45, 2.75) is 18.9 Å². The second-order valence-corrected chi connectivity index (χ2v) is 11.1. The fraction of sp³-hybridized carbons (Fsp3) is 0.281. The number of halogens is 1. The van der Waals surface area contributed by atoms with Gasteiger partial charge in [0.05, 0.1) is 28.6 Å². The predicted molar refractivity (Wildman–Crippen MR) is 166 cm³/mol. The van der Waals surface area contributed by atoms with Gasteiger partial charge in [-0.1, -0.05) is 0 Å². The van der Waals surface area contributed by atoms with E-state index in [9.17, 15) is 4.39 Å². The summed E-state index contributed by atoms with van der Waals surface area (Å²) in [7, 11) is 3.92. The Morgan fingerprint density at radius 3 is 2.61 bits per heavy atom. The quantitative estimate of drug-likeness (QED) is 0.216. The highest BCUT2D eigenvalue weighted by atomic mass is 19.1. The Hall–Kier alpha value is -4.94. The number of piperidine rings is 1. The zero-order chi connectivity index (χ0) is 30.0. The van der Waals surface area contributed by atoms with Crippen LogP contribution in [-0.2, 0) is 0 Å². The molecule has 0 unspecified atom stereocenters. The van der Waals surface area contributed by atoms with E-state index in [1.165, 1.54) is 12.1 Å². The van der Waals surface area contributed by atoms with Crippen LogP contribution in [0.25, 0.3) is 56.1 Å². The first-order chi connectivity index (χ1) is 21.5. The topological polar surface area (TPSA) is 130 Å². The molecule has 0 bridgehead atoms. The minimum atomic E-state index is -0.411. The molecule has 0 amide bonds. The van der Waals surface area contributed by atoms with Crippen LogP contribution in [0.5, 0.6) is 11.5 Å². The summed E-state index contributed by atoms with van der Waals surface area (Å²) in [6.45, 7) is 3.05. The van der Waals surface area contributed by atoms with E-state index in [-0.39, 0.29) is 6.10 Å². The Balaban J connectivity index is 1.21. The molecule has 0 aliphatic carbocycles. The van der Waals surface area contributed by atoms with Crippen LogP contribution in [-0.4, -0.2) is 86.5 Å². The molecule has 6 aromatic rings. The summed E-state index contributed by atoms with van der Waals surface area (Å²) in [5, 5.41) is 11.0. The molecule has 1 saturated heterocycles. The standard InChI is InChI=1S/C32H32FN9O2/c1-42(2)11-12-43-23-14-19(13-21(33)16-23)28-29-26(7-10-36-28)38-32(39-29)31-30-27(40-41-31)4-3-25(37-30)20-15-24(18-35-17-20)44-22-5-8-34-9-6-22/h3-4,7,10,13-18,22,34H,5-6,8-9,11-12H2,1-2H3,(H,38,39)(H,40,41). The van der Waals surface area contributed by atoms with Gasteiger partial charge < -0.3 is 24.7 Å². The number of nitrogens with zero attached hydrogens (tertiary/aromatic N) is 6. The fourth-order valence-electron chi connectivity index (χ4n) is 5.34. The summed E-state index contributed by atoms with van der Waals surface area (Å²) < 4.78 is 26.6. The smallest absolute Gasteiger partial charge is 0.161 e. The number of ether oxygens (including phenoxy) is 2. The number of nitrogens with one attached hydrogen (secondary N) is 3. The number of fused-ring (bicyclic) bond motifs is 2. The van der Waals surface area contributed by atoms with Gasteiger partial charge in [-0.05, 0) is 76.4 Å². The third-order valence-corrected chi connectivity index (χ3v) is 7.58. The Labute approximate surface area is 252 Å². The third-order valence-electron chi connectivity index (χ3n) is 7.58. The number of aromatic nitrogens is 7. The lowest BCUT2D eigenvalue weighted by molar-refractivity contribution is 0.162. The number of H-pyrrole nitrogens is 2. The Morgan fingerprint density at radius 1 is 0.909 bits per heavy atom. The number of benzene rings is 1. The number of likely N-dealkylation sites (N-methyl/N-ethyl adjacent to an activating group) is 1. The molecule has 3 N–H and O–H groups in total. The molecule has 44 heavy (non-hydrogen) atoms. The first-order valence-corrected chi connectivity index (χ1v) is 14.6. The Bertz CT molecular complexity index is 1930. The summed E-state index contributed by atoms with van der Waals surface area (Å²) in [6.07, 6.45) is 7.29. The normalized spacial score (nSPS) is 14.1. The molecule has 224 valence electrons. The maximum absolute atomic E-state index is 14.6. The monoisotopic (exact) mass is 593 g/mol. The summed E-state index contributed by atoms with van der Waals surface area (Å²) in [4.78, 5) is 24.1. The molecular formula is C32H32FN9O2. The Kier molecular flexibility index (Phi) is 7.59. The molecule has 0 atom stereocenters. The lowest BCUT2D eigenvalue weighted by Crippen LogP contribution is -2.34. The van der Waals surface area contributed by atoms with Crippen molar-refractivity contribution >= 4 is 22.1 Å². The summed E-state index contributed by atoms with van der Waals surface area (Å²) in [5.41, 5.74) is 6.00. The number of hydrogen-bond donors (Lipinski definition) is 3. The van der Waals surface area contributed by atoms with Crippen molar-refractivity contribution < 1.29 is 13.9 Å². The summed E-state index contributed by atoms with van der Waals surface area (Å²) >= 11 is 0. The van der Waals surface area contributed by atoms with Crippen LogP contribution >= 0.6 is 0 Å². The van der Waals surface area contributed by atoms with Gasteiger partial charge in [-0.3, -0.25) is 15.1 Å². The van der Waals surface area contributed by atoms with Crippen molar-refractivity contribution in [3.63, 3.8) is 0 Å². The number of rotatable bonds is 9. The van der Waals surface area contributed by atoms with Gasteiger partial charge in [0.15, 0.2) is 11.5 Å². The molecule has 5 aromatic heterocycles. The van der Waals surface area contributed by atoms with E-state index < -0.39 is 5.82 Å². The SMILES string of the molecule is CN(C)CCOc1cc(F)cc(-c2nccc3[nH]c(-c4n[nH]c5ccc(-c6cncc(OC7CCNCC7)c6)nc45)nc23)c1. The van der Waals surface area contributed by atoms with Gasteiger partial charge in [0.1, 0.15) is 41.1 Å². The van der Waals surface area contributed by atoms with Crippen molar-refractivity contribution in [3.8, 4) is 45.5 Å². The van der Waals surface area contributed by atoms with Crippen molar-refractivity contribution in [2.24, 2.45) is 0 Å². The molecule has 11 nitrogen and oxygen atoms in total.